The molecule has 2 aromatic rings. The SMILES string of the molecule is CCCNC(=O)c1cnc(N2CCN(c3ccccc3C)CC2)nc1OC. The lowest BCUT2D eigenvalue weighted by molar-refractivity contribution is 0.0949. The molecule has 2 heterocycles. The first kappa shape index (κ1) is 18.9. The summed E-state index contributed by atoms with van der Waals surface area (Å²) in [7, 11) is 1.53. The molecular weight excluding hydrogens is 342 g/mol. The average molecular weight is 369 g/mol. The molecule has 1 fully saturated rings. The van der Waals surface area contributed by atoms with Gasteiger partial charge in [-0.25, -0.2) is 4.98 Å². The minimum absolute atomic E-state index is 0.204. The van der Waals surface area contributed by atoms with Crippen molar-refractivity contribution in [2.75, 3.05) is 49.6 Å². The third-order valence-corrected chi connectivity index (χ3v) is 4.73. The molecule has 144 valence electrons. The monoisotopic (exact) mass is 369 g/mol. The van der Waals surface area contributed by atoms with Crippen LogP contribution in [0.2, 0.25) is 0 Å². The molecular formula is C20H27N5O2. The highest BCUT2D eigenvalue weighted by atomic mass is 16.5. The largest absolute Gasteiger partial charge is 0.480 e. The topological polar surface area (TPSA) is 70.6 Å². The van der Waals surface area contributed by atoms with Gasteiger partial charge in [0.2, 0.25) is 11.8 Å². The van der Waals surface area contributed by atoms with Gasteiger partial charge in [0, 0.05) is 44.6 Å². The van der Waals surface area contributed by atoms with E-state index in [1.165, 1.54) is 18.4 Å². The first-order valence-corrected chi connectivity index (χ1v) is 9.38. The fourth-order valence-electron chi connectivity index (χ4n) is 3.22. The molecule has 0 unspecified atom stereocenters. The number of amides is 1. The quantitative estimate of drug-likeness (QED) is 0.842. The number of para-hydroxylation sites is 1. The second-order valence-electron chi connectivity index (χ2n) is 6.61. The molecule has 0 spiro atoms. The number of aryl methyl sites for hydroxylation is 1. The molecule has 1 N–H and O–H groups in total. The minimum Gasteiger partial charge on any atom is -0.480 e. The van der Waals surface area contributed by atoms with Crippen molar-refractivity contribution in [2.24, 2.45) is 0 Å². The van der Waals surface area contributed by atoms with E-state index in [4.69, 9.17) is 4.74 Å². The number of nitrogens with zero attached hydrogens (tertiary/aromatic N) is 4. The third-order valence-electron chi connectivity index (χ3n) is 4.73. The number of hydrogen-bond donors (Lipinski definition) is 1. The number of benzene rings is 1. The van der Waals surface area contributed by atoms with Crippen LogP contribution in [-0.2, 0) is 0 Å². The van der Waals surface area contributed by atoms with Gasteiger partial charge in [0.05, 0.1) is 7.11 Å². The number of piperazine rings is 1. The van der Waals surface area contributed by atoms with Gasteiger partial charge in [-0.3, -0.25) is 4.79 Å². The molecule has 1 saturated heterocycles. The van der Waals surface area contributed by atoms with E-state index in [2.05, 4.69) is 56.3 Å². The molecule has 0 radical (unpaired) electrons. The number of carbonyl (C=O) groups is 1. The van der Waals surface area contributed by atoms with Crippen molar-refractivity contribution in [3.05, 3.63) is 41.6 Å². The van der Waals surface area contributed by atoms with Crippen LogP contribution in [-0.4, -0.2) is 55.7 Å². The summed E-state index contributed by atoms with van der Waals surface area (Å²) in [5.74, 6) is 0.711. The molecule has 3 rings (SSSR count). The van der Waals surface area contributed by atoms with Crippen LogP contribution in [0.1, 0.15) is 29.3 Å². The van der Waals surface area contributed by atoms with Crippen LogP contribution in [0.3, 0.4) is 0 Å². The predicted molar refractivity (Wildman–Crippen MR) is 107 cm³/mol. The molecule has 27 heavy (non-hydrogen) atoms. The van der Waals surface area contributed by atoms with Crippen LogP contribution in [0.25, 0.3) is 0 Å². The zero-order chi connectivity index (χ0) is 19.2. The van der Waals surface area contributed by atoms with Gasteiger partial charge < -0.3 is 19.9 Å². The van der Waals surface area contributed by atoms with Crippen LogP contribution in [0.4, 0.5) is 11.6 Å². The molecule has 7 heteroatoms. The second-order valence-corrected chi connectivity index (χ2v) is 6.61. The molecule has 1 aromatic heterocycles. The minimum atomic E-state index is -0.204. The Balaban J connectivity index is 1.69. The highest BCUT2D eigenvalue weighted by Gasteiger charge is 2.22. The fraction of sp³-hybridized carbons (Fsp3) is 0.450. The van der Waals surface area contributed by atoms with Gasteiger partial charge in [0.15, 0.2) is 0 Å². The summed E-state index contributed by atoms with van der Waals surface area (Å²) in [4.78, 5) is 25.6. The van der Waals surface area contributed by atoms with Gasteiger partial charge in [-0.1, -0.05) is 25.1 Å². The third kappa shape index (κ3) is 4.30. The lowest BCUT2D eigenvalue weighted by atomic mass is 10.1. The van der Waals surface area contributed by atoms with Crippen molar-refractivity contribution in [3.63, 3.8) is 0 Å². The van der Waals surface area contributed by atoms with E-state index >= 15 is 0 Å². The summed E-state index contributed by atoms with van der Waals surface area (Å²) in [6.45, 7) is 8.19. The summed E-state index contributed by atoms with van der Waals surface area (Å²) >= 11 is 0. The van der Waals surface area contributed by atoms with Gasteiger partial charge in [0.25, 0.3) is 5.91 Å². The van der Waals surface area contributed by atoms with Crippen LogP contribution in [0.15, 0.2) is 30.5 Å². The van der Waals surface area contributed by atoms with Crippen LogP contribution < -0.4 is 19.9 Å². The molecule has 1 aromatic carbocycles. The zero-order valence-electron chi connectivity index (χ0n) is 16.2. The number of ether oxygens (including phenoxy) is 1. The first-order valence-electron chi connectivity index (χ1n) is 9.38. The summed E-state index contributed by atoms with van der Waals surface area (Å²) in [6.07, 6.45) is 2.43. The molecule has 0 atom stereocenters. The lowest BCUT2D eigenvalue weighted by Crippen LogP contribution is -2.47. The van der Waals surface area contributed by atoms with Gasteiger partial charge in [-0.15, -0.1) is 0 Å². The Morgan fingerprint density at radius 2 is 1.89 bits per heavy atom. The van der Waals surface area contributed by atoms with Gasteiger partial charge in [-0.05, 0) is 25.0 Å². The van der Waals surface area contributed by atoms with E-state index in [0.29, 0.717) is 23.9 Å². The highest BCUT2D eigenvalue weighted by Crippen LogP contribution is 2.23. The van der Waals surface area contributed by atoms with Crippen molar-refractivity contribution in [1.29, 1.82) is 0 Å². The summed E-state index contributed by atoms with van der Waals surface area (Å²) < 4.78 is 5.34. The first-order chi connectivity index (χ1) is 13.1. The highest BCUT2D eigenvalue weighted by molar-refractivity contribution is 5.96. The van der Waals surface area contributed by atoms with Crippen molar-refractivity contribution in [3.8, 4) is 5.88 Å². The smallest absolute Gasteiger partial charge is 0.258 e. The Morgan fingerprint density at radius 3 is 2.56 bits per heavy atom. The maximum Gasteiger partial charge on any atom is 0.258 e. The number of hydrogen-bond acceptors (Lipinski definition) is 6. The molecule has 0 saturated carbocycles. The van der Waals surface area contributed by atoms with E-state index in [1.54, 1.807) is 6.20 Å². The standard InChI is InChI=1S/C20H27N5O2/c1-4-9-21-18(26)16-14-22-20(23-19(16)27-3)25-12-10-24(11-13-25)17-8-6-5-7-15(17)2/h5-8,14H,4,9-13H2,1-3H3,(H,21,26). The summed E-state index contributed by atoms with van der Waals surface area (Å²) in [6, 6.07) is 8.44. The second kappa shape index (κ2) is 8.70. The summed E-state index contributed by atoms with van der Waals surface area (Å²) in [5, 5.41) is 2.83. The average Bonchev–Trinajstić information content (AvgIpc) is 2.72. The molecule has 1 amide bonds. The van der Waals surface area contributed by atoms with E-state index in [0.717, 1.165) is 32.6 Å². The number of carbonyl (C=O) groups excluding carboxylic acids is 1. The summed E-state index contributed by atoms with van der Waals surface area (Å²) in [5.41, 5.74) is 2.93. The Hall–Kier alpha value is -2.83. The Kier molecular flexibility index (Phi) is 6.11. The molecule has 0 aliphatic carbocycles. The number of nitrogens with one attached hydrogen (secondary N) is 1. The van der Waals surface area contributed by atoms with Crippen molar-refractivity contribution < 1.29 is 9.53 Å². The lowest BCUT2D eigenvalue weighted by Gasteiger charge is -2.36. The number of rotatable bonds is 6. The van der Waals surface area contributed by atoms with Gasteiger partial charge >= 0.3 is 0 Å². The van der Waals surface area contributed by atoms with Crippen molar-refractivity contribution in [2.45, 2.75) is 20.3 Å². The van der Waals surface area contributed by atoms with Crippen LogP contribution >= 0.6 is 0 Å². The van der Waals surface area contributed by atoms with E-state index in [9.17, 15) is 4.79 Å². The zero-order valence-corrected chi connectivity index (χ0v) is 16.2. The predicted octanol–water partition coefficient (Wildman–Crippen LogP) is 2.26. The van der Waals surface area contributed by atoms with E-state index in [-0.39, 0.29) is 5.91 Å². The molecule has 1 aliphatic rings. The fourth-order valence-corrected chi connectivity index (χ4v) is 3.22. The van der Waals surface area contributed by atoms with Crippen molar-refractivity contribution >= 4 is 17.5 Å². The Labute approximate surface area is 160 Å². The number of methoxy groups -OCH3 is 1. The number of anilines is 2. The molecule has 1 aliphatic heterocycles. The van der Waals surface area contributed by atoms with Gasteiger partial charge in [0.1, 0.15) is 5.56 Å². The van der Waals surface area contributed by atoms with E-state index < -0.39 is 0 Å². The Bertz CT molecular complexity index is 788. The van der Waals surface area contributed by atoms with Gasteiger partial charge in [-0.2, -0.15) is 4.98 Å². The maximum absolute atomic E-state index is 12.2. The van der Waals surface area contributed by atoms with E-state index in [1.807, 2.05) is 6.92 Å². The molecule has 7 nitrogen and oxygen atoms in total. The van der Waals surface area contributed by atoms with Crippen LogP contribution in [0, 0.1) is 6.92 Å². The number of aromatic nitrogens is 2. The normalized spacial score (nSPS) is 14.2. The van der Waals surface area contributed by atoms with Crippen molar-refractivity contribution in [1.82, 2.24) is 15.3 Å². The maximum atomic E-state index is 12.2. The Morgan fingerprint density at radius 1 is 1.19 bits per heavy atom. The molecule has 0 bridgehead atoms. The van der Waals surface area contributed by atoms with Crippen LogP contribution in [0.5, 0.6) is 5.88 Å².